The van der Waals surface area contributed by atoms with Crippen LogP contribution in [-0.4, -0.2) is 114 Å². The van der Waals surface area contributed by atoms with Gasteiger partial charge < -0.3 is 40.1 Å². The lowest BCUT2D eigenvalue weighted by atomic mass is 9.59. The van der Waals surface area contributed by atoms with Crippen molar-refractivity contribution in [2.75, 3.05) is 68.7 Å². The number of anilines is 3. The summed E-state index contributed by atoms with van der Waals surface area (Å²) in [4.78, 5) is 37.8. The number of hydrogen-bond acceptors (Lipinski definition) is 15. The second kappa shape index (κ2) is 21.7. The highest BCUT2D eigenvalue weighted by Crippen LogP contribution is 2.54. The van der Waals surface area contributed by atoms with E-state index in [4.69, 9.17) is 14.5 Å². The number of piperazine rings is 1. The molecule has 414 valence electrons. The zero-order valence-corrected chi connectivity index (χ0v) is 46.1. The maximum absolute atomic E-state index is 14.8. The molecule has 3 aliphatic carbocycles. The lowest BCUT2D eigenvalue weighted by Gasteiger charge is -2.58. The number of ether oxygens (including phenoxy) is 2. The molecule has 11 rings (SSSR count). The number of aromatic amines is 1. The quantitative estimate of drug-likeness (QED) is 0.0628. The van der Waals surface area contributed by atoms with Crippen LogP contribution in [0.15, 0.2) is 90.2 Å². The zero-order chi connectivity index (χ0) is 54.5. The van der Waals surface area contributed by atoms with Crippen LogP contribution in [0, 0.1) is 22.4 Å². The molecule has 4 aromatic heterocycles. The normalized spacial score (nSPS) is 22.1. The number of pyridine rings is 3. The van der Waals surface area contributed by atoms with Crippen LogP contribution < -0.4 is 29.5 Å². The van der Waals surface area contributed by atoms with Gasteiger partial charge in [-0.15, -0.1) is 0 Å². The van der Waals surface area contributed by atoms with Gasteiger partial charge in [-0.05, 0) is 143 Å². The van der Waals surface area contributed by atoms with Crippen molar-refractivity contribution in [3.05, 3.63) is 124 Å². The van der Waals surface area contributed by atoms with Gasteiger partial charge in [-0.25, -0.2) is 32.5 Å². The van der Waals surface area contributed by atoms with Crippen molar-refractivity contribution in [1.82, 2.24) is 34.5 Å². The number of aromatic nitrogens is 4. The van der Waals surface area contributed by atoms with Gasteiger partial charge in [0.2, 0.25) is 5.88 Å². The first-order valence-electron chi connectivity index (χ1n) is 27.7. The summed E-state index contributed by atoms with van der Waals surface area (Å²) in [6.45, 7) is 12.0. The van der Waals surface area contributed by atoms with Gasteiger partial charge in [0.15, 0.2) is 0 Å². The van der Waals surface area contributed by atoms with Gasteiger partial charge in [-0.3, -0.25) is 14.6 Å². The Labute approximate surface area is 456 Å². The summed E-state index contributed by atoms with van der Waals surface area (Å²) in [5.41, 5.74) is 5.59. The van der Waals surface area contributed by atoms with E-state index in [9.17, 15) is 27.9 Å². The molecule has 1 amide bonds. The second-order valence-electron chi connectivity index (χ2n) is 23.3. The zero-order valence-electron chi connectivity index (χ0n) is 45.3. The molecular weight excluding hydrogens is 1010 g/mol. The molecule has 17 nitrogen and oxygen atoms in total. The summed E-state index contributed by atoms with van der Waals surface area (Å²) < 4.78 is 56.9. The molecule has 2 aromatic carbocycles. The number of sulfonamides is 1. The number of amides is 1. The summed E-state index contributed by atoms with van der Waals surface area (Å²) in [6, 6.07) is 21.8. The number of aliphatic hydroxyl groups is 1. The second-order valence-corrected chi connectivity index (χ2v) is 25.0. The fraction of sp³-hybridized carbons (Fsp3) is 0.492. The first-order valence-corrected chi connectivity index (χ1v) is 29.2. The Balaban J connectivity index is 0.782. The van der Waals surface area contributed by atoms with E-state index in [1.54, 1.807) is 25.3 Å². The van der Waals surface area contributed by atoms with Crippen LogP contribution in [0.1, 0.15) is 136 Å². The molecule has 1 atom stereocenters. The predicted molar refractivity (Wildman–Crippen MR) is 299 cm³/mol. The molecule has 19 heteroatoms. The monoisotopic (exact) mass is 1080 g/mol. The SMILES string of the molecule is COc1nc(CN2CCN(C3CC4(CCN(c5ccc(C(=O)NS(=O)(=O)c6cnc(NCC7CCC(C)(O)CC7)c(N(C)[O-])c6)c(Oc6cnc7[nH]cc(F)c7c6)c5)CC4)C3)[C@H](c3ccccc3C(C)C)C2)ccc1C1CC1. The van der Waals surface area contributed by atoms with E-state index in [0.29, 0.717) is 48.0 Å². The average Bonchev–Trinajstić information content (AvgIpc) is 4.32. The number of nitrogens with zero attached hydrogens (tertiary/aromatic N) is 7. The van der Waals surface area contributed by atoms with Crippen LogP contribution in [0.2, 0.25) is 0 Å². The number of carbonyl (C=O) groups is 1. The van der Waals surface area contributed by atoms with Gasteiger partial charge in [-0.2, -0.15) is 0 Å². The third kappa shape index (κ3) is 11.4. The van der Waals surface area contributed by atoms with Gasteiger partial charge in [-0.1, -0.05) is 44.2 Å². The first-order chi connectivity index (χ1) is 37.4. The average molecular weight is 1080 g/mol. The van der Waals surface area contributed by atoms with Crippen molar-refractivity contribution in [3.63, 3.8) is 0 Å². The van der Waals surface area contributed by atoms with E-state index in [0.717, 1.165) is 101 Å². The van der Waals surface area contributed by atoms with Gasteiger partial charge >= 0.3 is 0 Å². The van der Waals surface area contributed by atoms with Gasteiger partial charge in [0.25, 0.3) is 15.9 Å². The number of methoxy groups -OCH3 is 1. The van der Waals surface area contributed by atoms with Crippen LogP contribution in [-0.2, 0) is 16.6 Å². The topological polar surface area (TPSA) is 204 Å². The maximum atomic E-state index is 14.8. The molecule has 0 radical (unpaired) electrons. The summed E-state index contributed by atoms with van der Waals surface area (Å²) in [6.07, 6.45) is 13.2. The molecule has 2 aliphatic heterocycles. The number of rotatable bonds is 17. The van der Waals surface area contributed by atoms with E-state index in [1.807, 2.05) is 6.92 Å². The van der Waals surface area contributed by atoms with E-state index >= 15 is 0 Å². The number of fused-ring (bicyclic) bond motifs is 1. The number of hydroxylamine groups is 1. The molecule has 6 heterocycles. The predicted octanol–water partition coefficient (Wildman–Crippen LogP) is 10.0. The van der Waals surface area contributed by atoms with Crippen LogP contribution >= 0.6 is 0 Å². The molecule has 0 unspecified atom stereocenters. The Bertz CT molecular complexity index is 3270. The van der Waals surface area contributed by atoms with Crippen LogP contribution in [0.5, 0.6) is 17.4 Å². The van der Waals surface area contributed by atoms with E-state index in [1.165, 1.54) is 61.1 Å². The molecule has 4 N–H and O–H groups in total. The molecule has 5 aliphatic rings. The standard InChI is InChI=1S/C59H72FN10O7S/c1-37(2)45-8-6-7-9-47(45)52-36-68(35-40-12-14-46(39-10-11-39)57(65-40)76-5)24-25-70(52)42-29-59(30-42)20-22-69(23-21-59)41-13-15-48(53(26-41)77-43-27-49-50(60)34-64-54(49)62-32-43)56(71)66-78(74,75)44-28-51(67(4)73)55(63-33-44)61-31-38-16-18-58(3,72)19-17-38/h6-9,12-15,26-28,32-34,37-39,42,52,72H,10-11,16-25,29-31,35-36H2,1-5H3,(H,61,63)(H,62,64)(H,66,71)/q-1/t38?,52-,58?/m0/s1. The fourth-order valence-electron chi connectivity index (χ4n) is 12.6. The number of carbonyl (C=O) groups excluding carboxylic acids is 1. The molecule has 0 bridgehead atoms. The molecule has 1 spiro atoms. The van der Waals surface area contributed by atoms with Crippen molar-refractivity contribution in [2.45, 2.75) is 126 Å². The Morgan fingerprint density at radius 2 is 1.73 bits per heavy atom. The van der Waals surface area contributed by atoms with Crippen molar-refractivity contribution in [2.24, 2.45) is 11.3 Å². The number of H-pyrrole nitrogens is 1. The third-order valence-electron chi connectivity index (χ3n) is 17.4. The lowest BCUT2D eigenvalue weighted by molar-refractivity contribution is -0.0629. The van der Waals surface area contributed by atoms with E-state index in [-0.39, 0.29) is 56.2 Å². The molecular formula is C59H72FN10O7S-. The fourth-order valence-corrected chi connectivity index (χ4v) is 13.5. The molecule has 6 aromatic rings. The number of benzene rings is 2. The van der Waals surface area contributed by atoms with Crippen LogP contribution in [0.25, 0.3) is 11.0 Å². The van der Waals surface area contributed by atoms with Crippen LogP contribution in [0.4, 0.5) is 21.6 Å². The molecule has 2 saturated heterocycles. The van der Waals surface area contributed by atoms with E-state index < -0.39 is 27.3 Å². The van der Waals surface area contributed by atoms with Gasteiger partial charge in [0.1, 0.15) is 33.7 Å². The Morgan fingerprint density at radius 1 is 0.962 bits per heavy atom. The first kappa shape index (κ1) is 53.6. The van der Waals surface area contributed by atoms with Crippen LogP contribution in [0.3, 0.4) is 0 Å². The minimum absolute atomic E-state index is 0.0161. The maximum Gasteiger partial charge on any atom is 0.268 e. The summed E-state index contributed by atoms with van der Waals surface area (Å²) >= 11 is 0. The number of piperidine rings is 1. The highest BCUT2D eigenvalue weighted by Gasteiger charge is 2.50. The van der Waals surface area contributed by atoms with Crippen molar-refractivity contribution < 1.29 is 32.2 Å². The number of halogens is 1. The third-order valence-corrected chi connectivity index (χ3v) is 18.7. The van der Waals surface area contributed by atoms with Crippen molar-refractivity contribution in [3.8, 4) is 17.4 Å². The van der Waals surface area contributed by atoms with Crippen molar-refractivity contribution in [1.29, 1.82) is 0 Å². The van der Waals surface area contributed by atoms with E-state index in [2.05, 4.69) is 89.9 Å². The molecule has 5 fully saturated rings. The summed E-state index contributed by atoms with van der Waals surface area (Å²) in [5, 5.41) is 27.1. The smallest absolute Gasteiger partial charge is 0.268 e. The van der Waals surface area contributed by atoms with Gasteiger partial charge in [0.05, 0.1) is 41.2 Å². The Hall–Kier alpha value is -6.38. The summed E-state index contributed by atoms with van der Waals surface area (Å²) in [7, 11) is -1.60. The highest BCUT2D eigenvalue weighted by molar-refractivity contribution is 7.90. The minimum Gasteiger partial charge on any atom is -0.758 e. The summed E-state index contributed by atoms with van der Waals surface area (Å²) in [5.74, 6) is 0.885. The molecule has 78 heavy (non-hydrogen) atoms. The largest absolute Gasteiger partial charge is 0.758 e. The highest BCUT2D eigenvalue weighted by atomic mass is 32.2. The Kier molecular flexibility index (Phi) is 14.9. The Morgan fingerprint density at radius 3 is 2.46 bits per heavy atom. The minimum atomic E-state index is -4.57. The lowest BCUT2D eigenvalue weighted by Crippen LogP contribution is -2.60. The number of nitrogens with one attached hydrogen (secondary N) is 3. The van der Waals surface area contributed by atoms with Crippen molar-refractivity contribution >= 4 is 44.2 Å². The number of hydrogen-bond donors (Lipinski definition) is 4. The molecule has 3 saturated carbocycles. The van der Waals surface area contributed by atoms with Gasteiger partial charge in [0, 0.05) is 87.6 Å².